The Morgan fingerprint density at radius 3 is 2.62 bits per heavy atom. The van der Waals surface area contributed by atoms with Gasteiger partial charge in [-0.05, 0) is 69.7 Å². The molecule has 3 rings (SSSR count). The number of nitriles is 1. The SMILES string of the molecule is N#Cc1ccc(Oc2ccc(/C=C3\SC(=O)NC3=O)cc2Br)c(CF)c1. The van der Waals surface area contributed by atoms with Crippen LogP contribution in [-0.2, 0) is 11.5 Å². The van der Waals surface area contributed by atoms with Crippen molar-refractivity contribution in [1.29, 1.82) is 5.26 Å². The Labute approximate surface area is 161 Å². The fraction of sp³-hybridized carbons (Fsp3) is 0.0556. The molecule has 8 heteroatoms. The first-order valence-corrected chi connectivity index (χ1v) is 8.92. The lowest BCUT2D eigenvalue weighted by atomic mass is 10.1. The van der Waals surface area contributed by atoms with Crippen LogP contribution < -0.4 is 10.1 Å². The van der Waals surface area contributed by atoms with Crippen LogP contribution in [0.3, 0.4) is 0 Å². The number of ether oxygens (including phenoxy) is 1. The molecule has 130 valence electrons. The molecule has 0 aliphatic carbocycles. The molecule has 2 aromatic carbocycles. The molecule has 1 aliphatic rings. The van der Waals surface area contributed by atoms with Crippen LogP contribution in [0.15, 0.2) is 45.8 Å². The van der Waals surface area contributed by atoms with E-state index in [1.54, 1.807) is 36.4 Å². The molecule has 0 radical (unpaired) electrons. The van der Waals surface area contributed by atoms with Gasteiger partial charge in [0, 0.05) is 5.56 Å². The summed E-state index contributed by atoms with van der Waals surface area (Å²) in [6, 6.07) is 11.6. The second kappa shape index (κ2) is 7.72. The third kappa shape index (κ3) is 3.95. The van der Waals surface area contributed by atoms with Crippen LogP contribution in [0, 0.1) is 11.3 Å². The number of alkyl halides is 1. The first-order valence-electron chi connectivity index (χ1n) is 7.31. The number of halogens is 2. The average molecular weight is 433 g/mol. The number of carbonyl (C=O) groups is 2. The highest BCUT2D eigenvalue weighted by Crippen LogP contribution is 2.34. The Balaban J connectivity index is 1.85. The lowest BCUT2D eigenvalue weighted by molar-refractivity contribution is -0.115. The smallest absolute Gasteiger partial charge is 0.290 e. The second-order valence-corrected chi connectivity index (χ2v) is 7.08. The summed E-state index contributed by atoms with van der Waals surface area (Å²) in [6.07, 6.45) is 1.59. The van der Waals surface area contributed by atoms with Gasteiger partial charge in [-0.3, -0.25) is 14.9 Å². The Morgan fingerprint density at radius 2 is 2.00 bits per heavy atom. The monoisotopic (exact) mass is 432 g/mol. The zero-order valence-corrected chi connectivity index (χ0v) is 15.5. The van der Waals surface area contributed by atoms with Crippen molar-refractivity contribution in [2.24, 2.45) is 0 Å². The van der Waals surface area contributed by atoms with E-state index in [2.05, 4.69) is 21.2 Å². The van der Waals surface area contributed by atoms with Crippen molar-refractivity contribution in [3.63, 3.8) is 0 Å². The quantitative estimate of drug-likeness (QED) is 0.694. The number of nitrogens with one attached hydrogen (secondary N) is 1. The average Bonchev–Trinajstić information content (AvgIpc) is 2.94. The van der Waals surface area contributed by atoms with Gasteiger partial charge in [0.1, 0.15) is 18.2 Å². The van der Waals surface area contributed by atoms with Crippen LogP contribution in [0.25, 0.3) is 6.08 Å². The van der Waals surface area contributed by atoms with Crippen LogP contribution in [0.1, 0.15) is 16.7 Å². The molecule has 0 saturated carbocycles. The van der Waals surface area contributed by atoms with Gasteiger partial charge in [-0.1, -0.05) is 6.07 Å². The molecule has 1 saturated heterocycles. The van der Waals surface area contributed by atoms with E-state index in [9.17, 15) is 14.0 Å². The van der Waals surface area contributed by atoms with Crippen molar-refractivity contribution in [1.82, 2.24) is 5.32 Å². The zero-order chi connectivity index (χ0) is 18.7. The third-order valence-corrected chi connectivity index (χ3v) is 4.88. The molecule has 0 bridgehead atoms. The summed E-state index contributed by atoms with van der Waals surface area (Å²) in [5, 5.41) is 10.7. The van der Waals surface area contributed by atoms with E-state index >= 15 is 0 Å². The van der Waals surface area contributed by atoms with Crippen LogP contribution >= 0.6 is 27.7 Å². The normalized spacial score (nSPS) is 15.0. The van der Waals surface area contributed by atoms with E-state index in [1.165, 1.54) is 6.07 Å². The van der Waals surface area contributed by atoms with Gasteiger partial charge in [0.05, 0.1) is 21.0 Å². The van der Waals surface area contributed by atoms with Crippen molar-refractivity contribution in [3.05, 3.63) is 62.5 Å². The maximum atomic E-state index is 13.2. The van der Waals surface area contributed by atoms with Gasteiger partial charge in [-0.2, -0.15) is 5.26 Å². The number of hydrogen-bond acceptors (Lipinski definition) is 5. The van der Waals surface area contributed by atoms with Gasteiger partial charge in [0.25, 0.3) is 11.1 Å². The van der Waals surface area contributed by atoms with Crippen LogP contribution in [-0.4, -0.2) is 11.1 Å². The first kappa shape index (κ1) is 18.2. The predicted molar refractivity (Wildman–Crippen MR) is 99.3 cm³/mol. The number of nitrogens with zero attached hydrogens (tertiary/aromatic N) is 1. The Bertz CT molecular complexity index is 985. The molecule has 1 fully saturated rings. The highest BCUT2D eigenvalue weighted by atomic mass is 79.9. The largest absolute Gasteiger partial charge is 0.456 e. The molecule has 0 unspecified atom stereocenters. The van der Waals surface area contributed by atoms with Gasteiger partial charge in [-0.15, -0.1) is 0 Å². The van der Waals surface area contributed by atoms with Crippen molar-refractivity contribution in [3.8, 4) is 17.6 Å². The Hall–Kier alpha value is -2.63. The number of thioether (sulfide) groups is 1. The van der Waals surface area contributed by atoms with E-state index in [1.807, 2.05) is 6.07 Å². The van der Waals surface area contributed by atoms with Crippen molar-refractivity contribution in [2.75, 3.05) is 0 Å². The topological polar surface area (TPSA) is 79.2 Å². The van der Waals surface area contributed by atoms with E-state index < -0.39 is 17.8 Å². The van der Waals surface area contributed by atoms with Gasteiger partial charge < -0.3 is 4.74 Å². The van der Waals surface area contributed by atoms with Gasteiger partial charge in [0.15, 0.2) is 0 Å². The fourth-order valence-corrected chi connectivity index (χ4v) is 3.39. The van der Waals surface area contributed by atoms with Gasteiger partial charge in [-0.25, -0.2) is 4.39 Å². The minimum Gasteiger partial charge on any atom is -0.456 e. The van der Waals surface area contributed by atoms with Crippen LogP contribution in [0.5, 0.6) is 11.5 Å². The molecule has 0 atom stereocenters. The molecule has 26 heavy (non-hydrogen) atoms. The van der Waals surface area contributed by atoms with Crippen LogP contribution in [0.2, 0.25) is 0 Å². The van der Waals surface area contributed by atoms with Gasteiger partial charge in [0.2, 0.25) is 0 Å². The lowest BCUT2D eigenvalue weighted by Crippen LogP contribution is -2.17. The zero-order valence-electron chi connectivity index (χ0n) is 13.1. The number of hydrogen-bond donors (Lipinski definition) is 1. The van der Waals surface area contributed by atoms with Gasteiger partial charge >= 0.3 is 0 Å². The molecule has 2 amide bonds. The molecule has 1 aliphatic heterocycles. The van der Waals surface area contributed by atoms with E-state index in [0.29, 0.717) is 32.0 Å². The Morgan fingerprint density at radius 1 is 1.23 bits per heavy atom. The third-order valence-electron chi connectivity index (χ3n) is 3.45. The summed E-state index contributed by atoms with van der Waals surface area (Å²) in [4.78, 5) is 23.1. The summed E-state index contributed by atoms with van der Waals surface area (Å²) < 4.78 is 19.5. The maximum absolute atomic E-state index is 13.2. The number of imide groups is 1. The van der Waals surface area contributed by atoms with Crippen molar-refractivity contribution in [2.45, 2.75) is 6.67 Å². The number of carbonyl (C=O) groups excluding carboxylic acids is 2. The number of rotatable bonds is 4. The number of benzene rings is 2. The summed E-state index contributed by atoms with van der Waals surface area (Å²) in [5.74, 6) is 0.336. The molecule has 0 aromatic heterocycles. The minimum absolute atomic E-state index is 0.277. The lowest BCUT2D eigenvalue weighted by Gasteiger charge is -2.11. The summed E-state index contributed by atoms with van der Waals surface area (Å²) >= 11 is 4.22. The summed E-state index contributed by atoms with van der Waals surface area (Å²) in [6.45, 7) is -0.757. The molecule has 1 N–H and O–H groups in total. The molecule has 2 aromatic rings. The maximum Gasteiger partial charge on any atom is 0.290 e. The molecule has 5 nitrogen and oxygen atoms in total. The summed E-state index contributed by atoms with van der Waals surface area (Å²) in [5.41, 5.74) is 1.33. The first-order chi connectivity index (χ1) is 12.5. The highest BCUT2D eigenvalue weighted by Gasteiger charge is 2.25. The summed E-state index contributed by atoms with van der Waals surface area (Å²) in [7, 11) is 0. The number of amides is 2. The standard InChI is InChI=1S/C18H10BrFN2O3S/c19-13-6-10(7-16-17(23)22-18(24)26-16)1-4-15(13)25-14-3-2-11(9-21)5-12(14)8-20/h1-7H,8H2,(H,22,23,24)/b16-7-. The van der Waals surface area contributed by atoms with E-state index in [-0.39, 0.29) is 5.56 Å². The minimum atomic E-state index is -0.757. The van der Waals surface area contributed by atoms with Crippen LogP contribution in [0.4, 0.5) is 9.18 Å². The van der Waals surface area contributed by atoms with E-state index in [4.69, 9.17) is 10.00 Å². The fourth-order valence-electron chi connectivity index (χ4n) is 2.23. The van der Waals surface area contributed by atoms with E-state index in [0.717, 1.165) is 11.8 Å². The molecular weight excluding hydrogens is 423 g/mol. The van der Waals surface area contributed by atoms with Crippen molar-refractivity contribution < 1.29 is 18.7 Å². The Kier molecular flexibility index (Phi) is 5.40. The predicted octanol–water partition coefficient (Wildman–Crippen LogP) is 4.91. The molecule has 0 spiro atoms. The molecular formula is C18H10BrFN2O3S. The highest BCUT2D eigenvalue weighted by molar-refractivity contribution is 9.10. The second-order valence-electron chi connectivity index (χ2n) is 5.21. The van der Waals surface area contributed by atoms with Crippen molar-refractivity contribution >= 4 is 44.9 Å². The molecule has 1 heterocycles.